The number of benzene rings is 1. The van der Waals surface area contributed by atoms with Gasteiger partial charge in [0.2, 0.25) is 0 Å². The summed E-state index contributed by atoms with van der Waals surface area (Å²) >= 11 is 3.34. The van der Waals surface area contributed by atoms with E-state index in [2.05, 4.69) is 26.1 Å². The number of nitrogens with zero attached hydrogens (tertiary/aromatic N) is 1. The van der Waals surface area contributed by atoms with Crippen molar-refractivity contribution < 1.29 is 4.39 Å². The molecule has 1 aromatic rings. The lowest BCUT2D eigenvalue weighted by atomic mass is 9.89. The first-order valence-corrected chi connectivity index (χ1v) is 8.45. The first-order valence-electron chi connectivity index (χ1n) is 7.66. The molecule has 0 amide bonds. The maximum Gasteiger partial charge on any atom is 0.142 e. The molecule has 1 heterocycles. The van der Waals surface area contributed by atoms with Gasteiger partial charge in [0.05, 0.1) is 4.47 Å². The summed E-state index contributed by atoms with van der Waals surface area (Å²) in [6, 6.07) is 5.98. The number of hydrogen-bond acceptors (Lipinski definition) is 2. The summed E-state index contributed by atoms with van der Waals surface area (Å²) in [6.07, 6.45) is 5.06. The summed E-state index contributed by atoms with van der Waals surface area (Å²) in [5.74, 6) is 0.542. The van der Waals surface area contributed by atoms with Crippen LogP contribution in [0.25, 0.3) is 0 Å². The highest BCUT2D eigenvalue weighted by Crippen LogP contribution is 2.41. The van der Waals surface area contributed by atoms with Crippen LogP contribution in [0.4, 0.5) is 4.39 Å². The molecule has 5 heteroatoms. The Hall–Kier alpha value is -0.160. The van der Waals surface area contributed by atoms with E-state index in [1.54, 1.807) is 6.07 Å². The van der Waals surface area contributed by atoms with Crippen molar-refractivity contribution in [2.24, 2.45) is 5.92 Å². The van der Waals surface area contributed by atoms with Gasteiger partial charge in [-0.25, -0.2) is 4.39 Å². The fourth-order valence-electron chi connectivity index (χ4n) is 3.73. The third-order valence-corrected chi connectivity index (χ3v) is 5.30. The van der Waals surface area contributed by atoms with Crippen LogP contribution in [0.1, 0.15) is 37.3 Å². The minimum atomic E-state index is -0.0667. The maximum absolute atomic E-state index is 14.6. The lowest BCUT2D eigenvalue weighted by Gasteiger charge is -2.38. The average Bonchev–Trinajstić information content (AvgIpc) is 2.99. The fraction of sp³-hybridized carbons (Fsp3) is 0.625. The highest BCUT2D eigenvalue weighted by Gasteiger charge is 2.33. The van der Waals surface area contributed by atoms with Crippen LogP contribution in [0.15, 0.2) is 22.7 Å². The van der Waals surface area contributed by atoms with Crippen molar-refractivity contribution >= 4 is 28.3 Å². The minimum absolute atomic E-state index is 0. The molecule has 1 saturated carbocycles. The number of nitrogens with one attached hydrogen (secondary N) is 1. The second-order valence-corrected chi connectivity index (χ2v) is 6.77. The largest absolute Gasteiger partial charge is 0.314 e. The third kappa shape index (κ3) is 3.79. The van der Waals surface area contributed by atoms with Crippen LogP contribution in [0.2, 0.25) is 0 Å². The molecule has 1 atom stereocenters. The van der Waals surface area contributed by atoms with Crippen molar-refractivity contribution in [1.29, 1.82) is 0 Å². The third-order valence-electron chi connectivity index (χ3n) is 4.69. The predicted octanol–water partition coefficient (Wildman–Crippen LogP) is 4.15. The number of piperazine rings is 1. The second-order valence-electron chi connectivity index (χ2n) is 5.92. The Bertz CT molecular complexity index is 460. The summed E-state index contributed by atoms with van der Waals surface area (Å²) < 4.78 is 15.2. The highest BCUT2D eigenvalue weighted by molar-refractivity contribution is 9.10. The van der Waals surface area contributed by atoms with Gasteiger partial charge in [-0.15, -0.1) is 12.4 Å². The zero-order chi connectivity index (χ0) is 13.9. The zero-order valence-electron chi connectivity index (χ0n) is 12.2. The lowest BCUT2D eigenvalue weighted by molar-refractivity contribution is 0.122. The molecule has 1 saturated heterocycles. The number of rotatable bonds is 3. The quantitative estimate of drug-likeness (QED) is 0.851. The first kappa shape index (κ1) is 17.2. The van der Waals surface area contributed by atoms with E-state index in [1.165, 1.54) is 25.7 Å². The van der Waals surface area contributed by atoms with Crippen LogP contribution in [0.5, 0.6) is 0 Å². The van der Waals surface area contributed by atoms with E-state index in [0.717, 1.165) is 31.7 Å². The zero-order valence-corrected chi connectivity index (χ0v) is 14.6. The van der Waals surface area contributed by atoms with Crippen LogP contribution in [0.3, 0.4) is 0 Å². The molecule has 1 aliphatic heterocycles. The van der Waals surface area contributed by atoms with Crippen LogP contribution in [0, 0.1) is 11.7 Å². The molecule has 0 radical (unpaired) electrons. The Balaban J connectivity index is 0.00000161. The van der Waals surface area contributed by atoms with E-state index in [-0.39, 0.29) is 24.3 Å². The van der Waals surface area contributed by atoms with E-state index in [0.29, 0.717) is 10.4 Å². The molecule has 3 rings (SSSR count). The summed E-state index contributed by atoms with van der Waals surface area (Å²) in [5, 5.41) is 3.39. The van der Waals surface area contributed by atoms with Crippen molar-refractivity contribution in [3.05, 3.63) is 34.1 Å². The molecule has 2 nitrogen and oxygen atoms in total. The molecular weight excluding hydrogens is 355 g/mol. The summed E-state index contributed by atoms with van der Waals surface area (Å²) in [4.78, 5) is 2.48. The fourth-order valence-corrected chi connectivity index (χ4v) is 4.11. The van der Waals surface area contributed by atoms with Crippen LogP contribution in [-0.4, -0.2) is 31.1 Å². The van der Waals surface area contributed by atoms with Gasteiger partial charge in [-0.05, 0) is 40.8 Å². The Labute approximate surface area is 141 Å². The molecule has 0 unspecified atom stereocenters. The normalized spacial score (nSPS) is 22.0. The molecule has 0 bridgehead atoms. The molecule has 0 aromatic heterocycles. The topological polar surface area (TPSA) is 15.3 Å². The predicted molar refractivity (Wildman–Crippen MR) is 90.5 cm³/mol. The lowest BCUT2D eigenvalue weighted by Crippen LogP contribution is -2.46. The molecule has 1 aliphatic carbocycles. The van der Waals surface area contributed by atoms with Gasteiger partial charge in [0.1, 0.15) is 5.82 Å². The van der Waals surface area contributed by atoms with Gasteiger partial charge in [-0.1, -0.05) is 25.0 Å². The van der Waals surface area contributed by atoms with E-state index < -0.39 is 0 Å². The Morgan fingerprint density at radius 1 is 1.19 bits per heavy atom. The standard InChI is InChI=1S/C16H22BrFN2.ClH/c17-14-7-3-6-13(15(14)18)16(12-4-1-2-5-12)20-10-8-19-9-11-20;/h3,6-7,12,16,19H,1-2,4-5,8-11H2;1H/t16-;/m0./s1. The van der Waals surface area contributed by atoms with Crippen molar-refractivity contribution in [2.45, 2.75) is 31.7 Å². The second kappa shape index (κ2) is 7.91. The van der Waals surface area contributed by atoms with Crippen molar-refractivity contribution in [1.82, 2.24) is 10.2 Å². The molecule has 2 fully saturated rings. The van der Waals surface area contributed by atoms with E-state index >= 15 is 0 Å². The van der Waals surface area contributed by atoms with Crippen molar-refractivity contribution in [3.8, 4) is 0 Å². The summed E-state index contributed by atoms with van der Waals surface area (Å²) in [5.41, 5.74) is 0.883. The molecular formula is C16H23BrClFN2. The molecule has 118 valence electrons. The van der Waals surface area contributed by atoms with Crippen LogP contribution < -0.4 is 5.32 Å². The van der Waals surface area contributed by atoms with Crippen molar-refractivity contribution in [3.63, 3.8) is 0 Å². The van der Waals surface area contributed by atoms with E-state index in [1.807, 2.05) is 12.1 Å². The van der Waals surface area contributed by atoms with Gasteiger partial charge < -0.3 is 5.32 Å². The number of hydrogen-bond donors (Lipinski definition) is 1. The monoisotopic (exact) mass is 376 g/mol. The van der Waals surface area contributed by atoms with Crippen LogP contribution >= 0.6 is 28.3 Å². The minimum Gasteiger partial charge on any atom is -0.314 e. The Kier molecular flexibility index (Phi) is 6.48. The van der Waals surface area contributed by atoms with Gasteiger partial charge in [0, 0.05) is 37.8 Å². The average molecular weight is 378 g/mol. The highest BCUT2D eigenvalue weighted by atomic mass is 79.9. The molecule has 2 aliphatic rings. The summed E-state index contributed by atoms with van der Waals surface area (Å²) in [7, 11) is 0. The van der Waals surface area contributed by atoms with Crippen LogP contribution in [-0.2, 0) is 0 Å². The molecule has 1 N–H and O–H groups in total. The van der Waals surface area contributed by atoms with Gasteiger partial charge in [0.25, 0.3) is 0 Å². The van der Waals surface area contributed by atoms with Gasteiger partial charge >= 0.3 is 0 Å². The molecule has 1 aromatic carbocycles. The van der Waals surface area contributed by atoms with Crippen molar-refractivity contribution in [2.75, 3.05) is 26.2 Å². The maximum atomic E-state index is 14.6. The van der Waals surface area contributed by atoms with Gasteiger partial charge in [0.15, 0.2) is 0 Å². The summed E-state index contributed by atoms with van der Waals surface area (Å²) in [6.45, 7) is 4.07. The molecule has 0 spiro atoms. The van der Waals surface area contributed by atoms with E-state index in [9.17, 15) is 4.39 Å². The smallest absolute Gasteiger partial charge is 0.142 e. The SMILES string of the molecule is Cl.Fc1c(Br)cccc1[C@H](C1CCCC1)N1CCNCC1. The van der Waals surface area contributed by atoms with Gasteiger partial charge in [-0.3, -0.25) is 4.90 Å². The number of halogens is 3. The van der Waals surface area contributed by atoms with E-state index in [4.69, 9.17) is 0 Å². The molecule has 21 heavy (non-hydrogen) atoms. The Morgan fingerprint density at radius 2 is 1.86 bits per heavy atom. The van der Waals surface area contributed by atoms with Gasteiger partial charge in [-0.2, -0.15) is 0 Å². The first-order chi connectivity index (χ1) is 9.77. The Morgan fingerprint density at radius 3 is 2.52 bits per heavy atom.